The highest BCUT2D eigenvalue weighted by Gasteiger charge is 2.24. The Morgan fingerprint density at radius 3 is 2.43 bits per heavy atom. The van der Waals surface area contributed by atoms with Gasteiger partial charge in [-0.3, -0.25) is 4.79 Å². The van der Waals surface area contributed by atoms with E-state index in [-0.39, 0.29) is 23.3 Å². The zero-order valence-electron chi connectivity index (χ0n) is 12.4. The van der Waals surface area contributed by atoms with Crippen molar-refractivity contribution in [1.29, 1.82) is 0 Å². The van der Waals surface area contributed by atoms with E-state index in [1.54, 1.807) is 12.1 Å². The van der Waals surface area contributed by atoms with Crippen LogP contribution in [0.3, 0.4) is 0 Å². The number of carboxylic acid groups (broad SMARTS) is 1. The Bertz CT molecular complexity index is 549. The van der Waals surface area contributed by atoms with E-state index in [9.17, 15) is 14.7 Å². The number of aromatic nitrogens is 1. The summed E-state index contributed by atoms with van der Waals surface area (Å²) >= 11 is 0. The van der Waals surface area contributed by atoms with Crippen molar-refractivity contribution in [3.63, 3.8) is 0 Å². The monoisotopic (exact) mass is 291 g/mol. The summed E-state index contributed by atoms with van der Waals surface area (Å²) in [7, 11) is 0. The van der Waals surface area contributed by atoms with Crippen molar-refractivity contribution in [3.05, 3.63) is 23.4 Å². The summed E-state index contributed by atoms with van der Waals surface area (Å²) in [5, 5.41) is 9.22. The number of carbonyl (C=O) groups is 2. The fraction of sp³-hybridized carbons (Fsp3) is 0.533. The Morgan fingerprint density at radius 2 is 1.95 bits per heavy atom. The number of rotatable bonds is 4. The third kappa shape index (κ3) is 3.51. The molecule has 1 aliphatic rings. The van der Waals surface area contributed by atoms with Crippen molar-refractivity contribution < 1.29 is 14.7 Å². The molecule has 2 heterocycles. The Hall–Kier alpha value is -2.11. The number of primary amides is 1. The number of hydrogen-bond acceptors (Lipinski definition) is 4. The predicted octanol–water partition coefficient (Wildman–Crippen LogP) is 1.60. The second-order valence-corrected chi connectivity index (χ2v) is 5.76. The van der Waals surface area contributed by atoms with Gasteiger partial charge in [0, 0.05) is 24.7 Å². The minimum absolute atomic E-state index is 0.0894. The highest BCUT2D eigenvalue weighted by atomic mass is 16.4. The molecule has 1 aromatic rings. The van der Waals surface area contributed by atoms with Gasteiger partial charge < -0.3 is 15.7 Å². The molecule has 1 aromatic heterocycles. The molecule has 0 aromatic carbocycles. The number of nitrogens with zero attached hydrogens (tertiary/aromatic N) is 2. The topological polar surface area (TPSA) is 96.5 Å². The quantitative estimate of drug-likeness (QED) is 0.878. The van der Waals surface area contributed by atoms with E-state index in [1.807, 2.05) is 18.7 Å². The Balaban J connectivity index is 2.23. The lowest BCUT2D eigenvalue weighted by atomic mass is 9.96. The standard InChI is InChI=1S/C15H21N3O3/c1-9(2)12-7-11(15(20)21)8-13(17-12)18-5-3-10(4-6-18)14(16)19/h7-10H,3-6H2,1-2H3,(H2,16,19)(H,20,21). The van der Waals surface area contributed by atoms with Crippen molar-refractivity contribution in [1.82, 2.24) is 4.98 Å². The van der Waals surface area contributed by atoms with Crippen molar-refractivity contribution in [3.8, 4) is 0 Å². The average Bonchev–Trinajstić information content (AvgIpc) is 2.46. The zero-order valence-corrected chi connectivity index (χ0v) is 12.4. The SMILES string of the molecule is CC(C)c1cc(C(=O)O)cc(N2CCC(C(N)=O)CC2)n1. The molecule has 1 saturated heterocycles. The summed E-state index contributed by atoms with van der Waals surface area (Å²) in [6.45, 7) is 5.30. The molecule has 114 valence electrons. The molecule has 0 radical (unpaired) electrons. The maximum Gasteiger partial charge on any atom is 0.335 e. The van der Waals surface area contributed by atoms with Gasteiger partial charge in [-0.15, -0.1) is 0 Å². The van der Waals surface area contributed by atoms with E-state index in [2.05, 4.69) is 4.98 Å². The summed E-state index contributed by atoms with van der Waals surface area (Å²) in [4.78, 5) is 29.0. The van der Waals surface area contributed by atoms with Gasteiger partial charge in [0.05, 0.1) is 5.56 Å². The minimum Gasteiger partial charge on any atom is -0.478 e. The van der Waals surface area contributed by atoms with Crippen LogP contribution in [0.4, 0.5) is 5.82 Å². The molecule has 0 bridgehead atoms. The van der Waals surface area contributed by atoms with Crippen LogP contribution in [0.2, 0.25) is 0 Å². The maximum atomic E-state index is 11.2. The summed E-state index contributed by atoms with van der Waals surface area (Å²) in [5.74, 6) is -0.474. The smallest absolute Gasteiger partial charge is 0.335 e. The molecule has 0 spiro atoms. The molecule has 0 aliphatic carbocycles. The van der Waals surface area contributed by atoms with Gasteiger partial charge in [-0.05, 0) is 30.9 Å². The van der Waals surface area contributed by atoms with Crippen LogP contribution in [0, 0.1) is 5.92 Å². The van der Waals surface area contributed by atoms with E-state index < -0.39 is 5.97 Å². The fourth-order valence-corrected chi connectivity index (χ4v) is 2.51. The van der Waals surface area contributed by atoms with Crippen LogP contribution in [0.5, 0.6) is 0 Å². The van der Waals surface area contributed by atoms with Crippen molar-refractivity contribution in [2.24, 2.45) is 11.7 Å². The first-order chi connectivity index (χ1) is 9.88. The molecular weight excluding hydrogens is 270 g/mol. The molecule has 6 nitrogen and oxygen atoms in total. The molecule has 3 N–H and O–H groups in total. The molecule has 2 rings (SSSR count). The number of nitrogens with two attached hydrogens (primary N) is 1. The van der Waals surface area contributed by atoms with Crippen LogP contribution < -0.4 is 10.6 Å². The number of pyridine rings is 1. The summed E-state index contributed by atoms with van der Waals surface area (Å²) in [5.41, 5.74) is 6.34. The van der Waals surface area contributed by atoms with Crippen molar-refractivity contribution in [2.45, 2.75) is 32.6 Å². The number of aromatic carboxylic acids is 1. The number of carboxylic acids is 1. The van der Waals surface area contributed by atoms with Crippen LogP contribution >= 0.6 is 0 Å². The minimum atomic E-state index is -0.951. The van der Waals surface area contributed by atoms with E-state index in [0.717, 1.165) is 5.69 Å². The second-order valence-electron chi connectivity index (χ2n) is 5.76. The van der Waals surface area contributed by atoms with Crippen molar-refractivity contribution >= 4 is 17.7 Å². The molecular formula is C15H21N3O3. The first-order valence-corrected chi connectivity index (χ1v) is 7.18. The highest BCUT2D eigenvalue weighted by molar-refractivity contribution is 5.88. The van der Waals surface area contributed by atoms with Crippen LogP contribution in [-0.2, 0) is 4.79 Å². The van der Waals surface area contributed by atoms with Crippen LogP contribution in [0.1, 0.15) is 48.7 Å². The van der Waals surface area contributed by atoms with Gasteiger partial charge in [-0.2, -0.15) is 0 Å². The van der Waals surface area contributed by atoms with Gasteiger partial charge in [0.15, 0.2) is 0 Å². The van der Waals surface area contributed by atoms with E-state index in [1.165, 1.54) is 0 Å². The molecule has 21 heavy (non-hydrogen) atoms. The predicted molar refractivity (Wildman–Crippen MR) is 79.4 cm³/mol. The lowest BCUT2D eigenvalue weighted by molar-refractivity contribution is -0.122. The Labute approximate surface area is 124 Å². The van der Waals surface area contributed by atoms with E-state index in [4.69, 9.17) is 5.73 Å². The summed E-state index contributed by atoms with van der Waals surface area (Å²) in [6.07, 6.45) is 1.37. The third-order valence-electron chi connectivity index (χ3n) is 3.89. The van der Waals surface area contributed by atoms with Gasteiger partial charge in [-0.1, -0.05) is 13.8 Å². The largest absolute Gasteiger partial charge is 0.478 e. The lowest BCUT2D eigenvalue weighted by Crippen LogP contribution is -2.39. The van der Waals surface area contributed by atoms with Gasteiger partial charge >= 0.3 is 5.97 Å². The van der Waals surface area contributed by atoms with Gasteiger partial charge in [0.2, 0.25) is 5.91 Å². The van der Waals surface area contributed by atoms with Gasteiger partial charge in [0.25, 0.3) is 0 Å². The molecule has 1 aliphatic heterocycles. The number of hydrogen-bond donors (Lipinski definition) is 2. The molecule has 1 amide bonds. The van der Waals surface area contributed by atoms with E-state index in [0.29, 0.717) is 31.7 Å². The second kappa shape index (κ2) is 6.11. The van der Waals surface area contributed by atoms with Crippen LogP contribution in [0.15, 0.2) is 12.1 Å². The molecule has 0 atom stereocenters. The van der Waals surface area contributed by atoms with Gasteiger partial charge in [0.1, 0.15) is 5.82 Å². The van der Waals surface area contributed by atoms with Crippen molar-refractivity contribution in [2.75, 3.05) is 18.0 Å². The Morgan fingerprint density at radius 1 is 1.33 bits per heavy atom. The third-order valence-corrected chi connectivity index (χ3v) is 3.89. The number of carbonyl (C=O) groups excluding carboxylic acids is 1. The first-order valence-electron chi connectivity index (χ1n) is 7.18. The fourth-order valence-electron chi connectivity index (χ4n) is 2.51. The number of anilines is 1. The Kier molecular flexibility index (Phi) is 4.45. The average molecular weight is 291 g/mol. The lowest BCUT2D eigenvalue weighted by Gasteiger charge is -2.32. The van der Waals surface area contributed by atoms with Crippen LogP contribution in [0.25, 0.3) is 0 Å². The normalized spacial score (nSPS) is 16.2. The van der Waals surface area contributed by atoms with Gasteiger partial charge in [-0.25, -0.2) is 9.78 Å². The number of amides is 1. The molecule has 0 unspecified atom stereocenters. The zero-order chi connectivity index (χ0) is 15.6. The highest BCUT2D eigenvalue weighted by Crippen LogP contribution is 2.25. The summed E-state index contributed by atoms with van der Waals surface area (Å²) in [6, 6.07) is 3.21. The van der Waals surface area contributed by atoms with E-state index >= 15 is 0 Å². The molecule has 6 heteroatoms. The maximum absolute atomic E-state index is 11.2. The number of piperidine rings is 1. The summed E-state index contributed by atoms with van der Waals surface area (Å²) < 4.78 is 0. The van der Waals surface area contributed by atoms with Crippen LogP contribution in [-0.4, -0.2) is 35.1 Å². The molecule has 0 saturated carbocycles. The molecule has 1 fully saturated rings. The first kappa shape index (κ1) is 15.3.